The van der Waals surface area contributed by atoms with Crippen LogP contribution in [0.2, 0.25) is 0 Å². The highest BCUT2D eigenvalue weighted by molar-refractivity contribution is 5.98. The Balaban J connectivity index is 1.11. The summed E-state index contributed by atoms with van der Waals surface area (Å²) in [5, 5.41) is 20.3. The molecule has 1 aromatic carbocycles. The van der Waals surface area contributed by atoms with Crippen LogP contribution in [0.25, 0.3) is 0 Å². The molecule has 0 aromatic heterocycles. The van der Waals surface area contributed by atoms with Gasteiger partial charge in [-0.3, -0.25) is 0 Å². The number of allylic oxidation sites excluding steroid dienone is 5. The number of alkyl carbamates (subject to hydrolysis) is 1. The number of guanidine groups is 1. The number of carbonyl (C=O) groups excluding carboxylic acids is 1. The lowest BCUT2D eigenvalue weighted by Gasteiger charge is -2.51. The Labute approximate surface area is 266 Å². The van der Waals surface area contributed by atoms with Crippen LogP contribution >= 0.6 is 0 Å². The summed E-state index contributed by atoms with van der Waals surface area (Å²) in [5.41, 5.74) is 11.3. The number of fused-ring (bicyclic) bond motifs is 4. The fourth-order valence-corrected chi connectivity index (χ4v) is 8.59. The molecule has 0 radical (unpaired) electrons. The standard InChI is InChI=1S/C36H47N5O4/c1-23-12-17-30-29-15-13-25-20-27(40-41-34-37-18-19-38-34)14-16-28(25)32(29)26(21-36(23,30)2)10-6-7-11-31(33(42)43)39-35(44)45-22-24-8-4-3-5-9-24/h3-5,8-9,20,26,29-31H,1,6-7,10-19,21-22H2,2H3,(H,39,44)(H,42,43)(H2,37,38,41)/t26-,29?,30?,31?,36+/m0/s1. The number of hydrogen-bond acceptors (Lipinski definition) is 7. The monoisotopic (exact) mass is 613 g/mol. The SMILES string of the molecule is C=C1CCC2C3CCC4=CC(=NNC5=NCCN5)CCC4=C3[C@@H](CCCCC(NC(=O)OCc3ccccc3)C(=O)O)C[C@]12C. The molecule has 5 atom stereocenters. The van der Waals surface area contributed by atoms with Gasteiger partial charge in [0.1, 0.15) is 12.6 Å². The molecule has 2 saturated carbocycles. The number of aliphatic carboxylic acids is 1. The number of benzene rings is 1. The van der Waals surface area contributed by atoms with Gasteiger partial charge in [0.15, 0.2) is 0 Å². The third-order valence-corrected chi connectivity index (χ3v) is 10.9. The molecule has 9 nitrogen and oxygen atoms in total. The smallest absolute Gasteiger partial charge is 0.408 e. The Morgan fingerprint density at radius 3 is 2.80 bits per heavy atom. The summed E-state index contributed by atoms with van der Waals surface area (Å²) in [6.45, 7) is 8.75. The van der Waals surface area contributed by atoms with Crippen molar-refractivity contribution in [1.29, 1.82) is 0 Å². The first-order valence-corrected chi connectivity index (χ1v) is 16.7. The van der Waals surface area contributed by atoms with Crippen molar-refractivity contribution in [2.24, 2.45) is 33.3 Å². The van der Waals surface area contributed by atoms with E-state index in [0.717, 1.165) is 81.7 Å². The molecule has 2 fully saturated rings. The normalized spacial score (nSPS) is 28.7. The highest BCUT2D eigenvalue weighted by atomic mass is 16.5. The van der Waals surface area contributed by atoms with Gasteiger partial charge < -0.3 is 20.5 Å². The molecule has 3 unspecified atom stereocenters. The zero-order valence-electron chi connectivity index (χ0n) is 26.4. The lowest BCUT2D eigenvalue weighted by Crippen LogP contribution is -2.42. The van der Waals surface area contributed by atoms with Crippen LogP contribution in [0.4, 0.5) is 4.79 Å². The largest absolute Gasteiger partial charge is 0.480 e. The van der Waals surface area contributed by atoms with Gasteiger partial charge in [-0.25, -0.2) is 20.0 Å². The molecule has 0 saturated heterocycles. The van der Waals surface area contributed by atoms with Crippen molar-refractivity contribution in [3.63, 3.8) is 0 Å². The highest BCUT2D eigenvalue weighted by Crippen LogP contribution is 2.63. The molecule has 1 heterocycles. The molecule has 1 amide bonds. The average molecular weight is 614 g/mol. The maximum absolute atomic E-state index is 12.4. The number of amides is 1. The van der Waals surface area contributed by atoms with Crippen molar-refractivity contribution >= 4 is 23.7 Å². The zero-order chi connectivity index (χ0) is 31.4. The second kappa shape index (κ2) is 13.6. The minimum absolute atomic E-state index is 0.108. The Bertz CT molecular complexity index is 1430. The van der Waals surface area contributed by atoms with Crippen molar-refractivity contribution in [3.05, 3.63) is 70.8 Å². The van der Waals surface area contributed by atoms with Crippen LogP contribution in [-0.2, 0) is 16.1 Å². The third-order valence-electron chi connectivity index (χ3n) is 10.9. The van der Waals surface area contributed by atoms with Gasteiger partial charge in [-0.1, -0.05) is 67.8 Å². The summed E-state index contributed by atoms with van der Waals surface area (Å²) in [4.78, 5) is 28.7. The van der Waals surface area contributed by atoms with Crippen LogP contribution in [0.15, 0.2) is 75.4 Å². The highest BCUT2D eigenvalue weighted by Gasteiger charge is 2.53. The van der Waals surface area contributed by atoms with Gasteiger partial charge in [-0.15, -0.1) is 0 Å². The fourth-order valence-electron chi connectivity index (χ4n) is 8.59. The van der Waals surface area contributed by atoms with E-state index in [1.54, 1.807) is 11.1 Å². The Morgan fingerprint density at radius 1 is 1.18 bits per heavy atom. The van der Waals surface area contributed by atoms with Gasteiger partial charge in [0, 0.05) is 6.54 Å². The van der Waals surface area contributed by atoms with Gasteiger partial charge in [0.2, 0.25) is 5.96 Å². The molecule has 4 aliphatic carbocycles. The predicted octanol–water partition coefficient (Wildman–Crippen LogP) is 6.25. The lowest BCUT2D eigenvalue weighted by atomic mass is 9.53. The van der Waals surface area contributed by atoms with Crippen LogP contribution in [0, 0.1) is 23.2 Å². The molecule has 240 valence electrons. The summed E-state index contributed by atoms with van der Waals surface area (Å²) < 4.78 is 5.28. The third kappa shape index (κ3) is 6.87. The quantitative estimate of drug-likeness (QED) is 0.141. The maximum atomic E-state index is 12.4. The van der Waals surface area contributed by atoms with Crippen molar-refractivity contribution in [1.82, 2.24) is 16.1 Å². The molecular weight excluding hydrogens is 566 g/mol. The van der Waals surface area contributed by atoms with E-state index in [-0.39, 0.29) is 12.0 Å². The molecule has 1 aromatic rings. The maximum Gasteiger partial charge on any atom is 0.408 e. The summed E-state index contributed by atoms with van der Waals surface area (Å²) in [5.74, 6) is 1.45. The average Bonchev–Trinajstić information content (AvgIpc) is 3.67. The first kappa shape index (κ1) is 31.1. The molecule has 6 rings (SSSR count). The van der Waals surface area contributed by atoms with Crippen LogP contribution in [-0.4, -0.2) is 48.0 Å². The molecule has 5 aliphatic rings. The van der Waals surface area contributed by atoms with Crippen molar-refractivity contribution in [2.45, 2.75) is 90.2 Å². The summed E-state index contributed by atoms with van der Waals surface area (Å²) in [6.07, 6.45) is 12.4. The zero-order valence-corrected chi connectivity index (χ0v) is 26.4. The number of nitrogens with one attached hydrogen (secondary N) is 3. The molecule has 0 bridgehead atoms. The molecule has 0 spiro atoms. The minimum atomic E-state index is -1.03. The van der Waals surface area contributed by atoms with E-state index >= 15 is 0 Å². The van der Waals surface area contributed by atoms with E-state index in [1.165, 1.54) is 24.0 Å². The number of unbranched alkanes of at least 4 members (excludes halogenated alkanes) is 1. The van der Waals surface area contributed by atoms with E-state index < -0.39 is 18.1 Å². The van der Waals surface area contributed by atoms with E-state index in [1.807, 2.05) is 30.3 Å². The number of aliphatic imine (C=N–C) groups is 1. The molecular formula is C36H47N5O4. The van der Waals surface area contributed by atoms with Crippen molar-refractivity contribution < 1.29 is 19.4 Å². The second-order valence-corrected chi connectivity index (χ2v) is 13.6. The predicted molar refractivity (Wildman–Crippen MR) is 176 cm³/mol. The number of hydrogen-bond donors (Lipinski definition) is 4. The van der Waals surface area contributed by atoms with Crippen LogP contribution < -0.4 is 16.1 Å². The van der Waals surface area contributed by atoms with E-state index in [2.05, 4.69) is 45.7 Å². The fraction of sp³-hybridized carbons (Fsp3) is 0.556. The summed E-state index contributed by atoms with van der Waals surface area (Å²) in [6, 6.07) is 8.41. The van der Waals surface area contributed by atoms with E-state index in [4.69, 9.17) is 4.74 Å². The number of ether oxygens (including phenoxy) is 1. The van der Waals surface area contributed by atoms with E-state index in [9.17, 15) is 14.7 Å². The number of hydrazone groups is 1. The first-order chi connectivity index (χ1) is 21.8. The molecule has 4 N–H and O–H groups in total. The van der Waals surface area contributed by atoms with Gasteiger partial charge in [-0.2, -0.15) is 5.10 Å². The minimum Gasteiger partial charge on any atom is -0.480 e. The van der Waals surface area contributed by atoms with Gasteiger partial charge in [0.25, 0.3) is 0 Å². The van der Waals surface area contributed by atoms with Crippen LogP contribution in [0.5, 0.6) is 0 Å². The number of carboxylic acid groups (broad SMARTS) is 1. The van der Waals surface area contributed by atoms with Gasteiger partial charge in [0.05, 0.1) is 12.3 Å². The number of nitrogens with zero attached hydrogens (tertiary/aromatic N) is 2. The number of rotatable bonds is 10. The van der Waals surface area contributed by atoms with Crippen molar-refractivity contribution in [2.75, 3.05) is 13.1 Å². The van der Waals surface area contributed by atoms with Gasteiger partial charge >= 0.3 is 12.1 Å². The van der Waals surface area contributed by atoms with Crippen LogP contribution in [0.3, 0.4) is 0 Å². The molecule has 1 aliphatic heterocycles. The molecule has 45 heavy (non-hydrogen) atoms. The topological polar surface area (TPSA) is 124 Å². The van der Waals surface area contributed by atoms with E-state index in [0.29, 0.717) is 24.2 Å². The van der Waals surface area contributed by atoms with Crippen molar-refractivity contribution in [3.8, 4) is 0 Å². The Morgan fingerprint density at radius 2 is 2.02 bits per heavy atom. The number of carboxylic acids is 1. The van der Waals surface area contributed by atoms with Crippen LogP contribution in [0.1, 0.15) is 83.1 Å². The van der Waals surface area contributed by atoms with Gasteiger partial charge in [-0.05, 0) is 104 Å². The summed E-state index contributed by atoms with van der Waals surface area (Å²) >= 11 is 0. The first-order valence-electron chi connectivity index (χ1n) is 16.7. The molecule has 9 heteroatoms. The Hall–Kier alpha value is -3.88. The Kier molecular flexibility index (Phi) is 9.42. The number of carbonyl (C=O) groups is 2. The summed E-state index contributed by atoms with van der Waals surface area (Å²) in [7, 11) is 0. The lowest BCUT2D eigenvalue weighted by molar-refractivity contribution is -0.139. The second-order valence-electron chi connectivity index (χ2n) is 13.6.